The zero-order valence-corrected chi connectivity index (χ0v) is 20.4. The van der Waals surface area contributed by atoms with E-state index in [9.17, 15) is 0 Å². The van der Waals surface area contributed by atoms with Crippen molar-refractivity contribution in [2.45, 2.75) is 77.9 Å². The smallest absolute Gasteiger partial charge is 0.208 e. The van der Waals surface area contributed by atoms with Gasteiger partial charge in [-0.2, -0.15) is 0 Å². The third kappa shape index (κ3) is 6.47. The summed E-state index contributed by atoms with van der Waals surface area (Å²) in [7, 11) is 1.91. The number of oxazole rings is 1. The minimum absolute atomic E-state index is 0.436. The molecular formula is C25H43N5O2. The standard InChI is InChI=1S/C25H43N5O2/c1-19-20(2)32-24(28-19)17-29-12-8-21(9-13-29)16-27-25(26-3)30-14-10-23(11-15-30)31-18-22-6-4-5-7-22/h21-23H,4-18H2,1-3H3,(H,26,27). The van der Waals surface area contributed by atoms with Crippen molar-refractivity contribution in [1.29, 1.82) is 0 Å². The number of piperidine rings is 2. The van der Waals surface area contributed by atoms with Gasteiger partial charge in [0.05, 0.1) is 18.3 Å². The molecule has 0 aromatic carbocycles. The molecule has 0 bridgehead atoms. The summed E-state index contributed by atoms with van der Waals surface area (Å²) in [6.45, 7) is 11.1. The molecule has 4 rings (SSSR count). The van der Waals surface area contributed by atoms with Crippen molar-refractivity contribution in [2.24, 2.45) is 16.8 Å². The number of aromatic nitrogens is 1. The van der Waals surface area contributed by atoms with Crippen LogP contribution in [0, 0.1) is 25.7 Å². The second-order valence-corrected chi connectivity index (χ2v) is 10.1. The van der Waals surface area contributed by atoms with Gasteiger partial charge in [-0.05, 0) is 77.3 Å². The maximum Gasteiger partial charge on any atom is 0.208 e. The molecule has 0 atom stereocenters. The van der Waals surface area contributed by atoms with Gasteiger partial charge in [0.25, 0.3) is 0 Å². The van der Waals surface area contributed by atoms with Crippen LogP contribution in [0.15, 0.2) is 9.41 Å². The largest absolute Gasteiger partial charge is 0.444 e. The van der Waals surface area contributed by atoms with Gasteiger partial charge in [-0.3, -0.25) is 9.89 Å². The highest BCUT2D eigenvalue weighted by atomic mass is 16.5. The van der Waals surface area contributed by atoms with Crippen molar-refractivity contribution in [3.05, 3.63) is 17.3 Å². The van der Waals surface area contributed by atoms with E-state index in [4.69, 9.17) is 9.15 Å². The Morgan fingerprint density at radius 1 is 1.03 bits per heavy atom. The van der Waals surface area contributed by atoms with Gasteiger partial charge in [0.1, 0.15) is 5.76 Å². The predicted octanol–water partition coefficient (Wildman–Crippen LogP) is 3.75. The van der Waals surface area contributed by atoms with Crippen LogP contribution in [0.3, 0.4) is 0 Å². The Bertz CT molecular complexity index is 707. The summed E-state index contributed by atoms with van der Waals surface area (Å²) in [6.07, 6.45) is 10.6. The normalized spacial score (nSPS) is 22.7. The average molecular weight is 446 g/mol. The molecule has 3 fully saturated rings. The first kappa shape index (κ1) is 23.6. The van der Waals surface area contributed by atoms with Crippen LogP contribution in [0.5, 0.6) is 0 Å². The van der Waals surface area contributed by atoms with Crippen LogP contribution in [0.4, 0.5) is 0 Å². The van der Waals surface area contributed by atoms with Crippen LogP contribution >= 0.6 is 0 Å². The topological polar surface area (TPSA) is 66.1 Å². The number of hydrogen-bond donors (Lipinski definition) is 1. The van der Waals surface area contributed by atoms with Gasteiger partial charge in [-0.15, -0.1) is 0 Å². The van der Waals surface area contributed by atoms with Gasteiger partial charge < -0.3 is 19.4 Å². The lowest BCUT2D eigenvalue weighted by molar-refractivity contribution is 0.000975. The highest BCUT2D eigenvalue weighted by molar-refractivity contribution is 5.79. The summed E-state index contributed by atoms with van der Waals surface area (Å²) in [6, 6.07) is 0. The van der Waals surface area contributed by atoms with Gasteiger partial charge in [-0.25, -0.2) is 4.98 Å². The van der Waals surface area contributed by atoms with Gasteiger partial charge in [0.15, 0.2) is 5.96 Å². The van der Waals surface area contributed by atoms with Gasteiger partial charge in [-0.1, -0.05) is 12.8 Å². The summed E-state index contributed by atoms with van der Waals surface area (Å²) >= 11 is 0. The summed E-state index contributed by atoms with van der Waals surface area (Å²) in [5.41, 5.74) is 1.01. The first-order valence-corrected chi connectivity index (χ1v) is 12.8. The third-order valence-corrected chi connectivity index (χ3v) is 7.68. The zero-order valence-electron chi connectivity index (χ0n) is 20.4. The number of aryl methyl sites for hydroxylation is 2. The first-order chi connectivity index (χ1) is 15.6. The maximum atomic E-state index is 6.24. The first-order valence-electron chi connectivity index (χ1n) is 12.8. The Balaban J connectivity index is 1.12. The Morgan fingerprint density at radius 3 is 2.38 bits per heavy atom. The number of rotatable bonds is 7. The molecule has 2 saturated heterocycles. The number of nitrogens with zero attached hydrogens (tertiary/aromatic N) is 4. The van der Waals surface area contributed by atoms with E-state index in [2.05, 4.69) is 25.1 Å². The number of likely N-dealkylation sites (tertiary alicyclic amines) is 2. The molecule has 3 aliphatic rings. The average Bonchev–Trinajstić information content (AvgIpc) is 3.44. The summed E-state index contributed by atoms with van der Waals surface area (Å²) in [4.78, 5) is 14.0. The summed E-state index contributed by atoms with van der Waals surface area (Å²) in [5.74, 6) is 4.37. The molecule has 180 valence electrons. The Kier molecular flexibility index (Phi) is 8.47. The van der Waals surface area contributed by atoms with Crippen LogP contribution in [-0.2, 0) is 11.3 Å². The highest BCUT2D eigenvalue weighted by Gasteiger charge is 2.25. The minimum Gasteiger partial charge on any atom is -0.444 e. The number of ether oxygens (including phenoxy) is 1. The third-order valence-electron chi connectivity index (χ3n) is 7.68. The van der Waals surface area contributed by atoms with Crippen molar-refractivity contribution >= 4 is 5.96 Å². The molecule has 1 saturated carbocycles. The number of hydrogen-bond acceptors (Lipinski definition) is 5. The SMILES string of the molecule is CN=C(NCC1CCN(Cc2nc(C)c(C)o2)CC1)N1CCC(OCC2CCCC2)CC1. The molecule has 1 aromatic heterocycles. The lowest BCUT2D eigenvalue weighted by Crippen LogP contribution is -2.48. The van der Waals surface area contributed by atoms with E-state index in [0.717, 1.165) is 87.9 Å². The van der Waals surface area contributed by atoms with E-state index in [0.29, 0.717) is 12.0 Å². The fourth-order valence-corrected chi connectivity index (χ4v) is 5.40. The van der Waals surface area contributed by atoms with Crippen molar-refractivity contribution in [3.8, 4) is 0 Å². The molecule has 7 heteroatoms. The molecule has 0 unspecified atom stereocenters. The molecule has 7 nitrogen and oxygen atoms in total. The van der Waals surface area contributed by atoms with Crippen LogP contribution in [0.2, 0.25) is 0 Å². The highest BCUT2D eigenvalue weighted by Crippen LogP contribution is 2.26. The fraction of sp³-hybridized carbons (Fsp3) is 0.840. The zero-order chi connectivity index (χ0) is 22.3. The summed E-state index contributed by atoms with van der Waals surface area (Å²) < 4.78 is 12.0. The Morgan fingerprint density at radius 2 is 1.75 bits per heavy atom. The fourth-order valence-electron chi connectivity index (χ4n) is 5.40. The molecule has 0 radical (unpaired) electrons. The molecule has 1 aliphatic carbocycles. The van der Waals surface area contributed by atoms with Gasteiger partial charge in [0.2, 0.25) is 5.89 Å². The molecule has 32 heavy (non-hydrogen) atoms. The Labute approximate surface area is 194 Å². The lowest BCUT2D eigenvalue weighted by Gasteiger charge is -2.36. The van der Waals surface area contributed by atoms with E-state index >= 15 is 0 Å². The van der Waals surface area contributed by atoms with Crippen LogP contribution in [0.1, 0.15) is 68.7 Å². The molecule has 0 amide bonds. The lowest BCUT2D eigenvalue weighted by atomic mass is 9.97. The maximum absolute atomic E-state index is 6.24. The second-order valence-electron chi connectivity index (χ2n) is 10.1. The van der Waals surface area contributed by atoms with E-state index in [1.54, 1.807) is 0 Å². The Hall–Kier alpha value is -1.60. The molecule has 0 spiro atoms. The van der Waals surface area contributed by atoms with Crippen molar-refractivity contribution in [1.82, 2.24) is 20.1 Å². The minimum atomic E-state index is 0.436. The summed E-state index contributed by atoms with van der Waals surface area (Å²) in [5, 5.41) is 3.66. The van der Waals surface area contributed by atoms with Crippen LogP contribution < -0.4 is 5.32 Å². The van der Waals surface area contributed by atoms with Crippen LogP contribution in [0.25, 0.3) is 0 Å². The van der Waals surface area contributed by atoms with Gasteiger partial charge in [0, 0.05) is 33.3 Å². The number of guanidine groups is 1. The second kappa shape index (κ2) is 11.5. The quantitative estimate of drug-likeness (QED) is 0.509. The van der Waals surface area contributed by atoms with E-state index in [1.807, 2.05) is 20.9 Å². The van der Waals surface area contributed by atoms with Crippen LogP contribution in [-0.4, -0.2) is 73.2 Å². The number of nitrogens with one attached hydrogen (secondary N) is 1. The van der Waals surface area contributed by atoms with E-state index in [1.165, 1.54) is 38.5 Å². The molecule has 1 aromatic rings. The molecule has 2 aliphatic heterocycles. The molecule has 3 heterocycles. The molecule has 1 N–H and O–H groups in total. The number of aliphatic imine (C=N–C) groups is 1. The van der Waals surface area contributed by atoms with Crippen molar-refractivity contribution in [3.63, 3.8) is 0 Å². The monoisotopic (exact) mass is 445 g/mol. The van der Waals surface area contributed by atoms with Gasteiger partial charge >= 0.3 is 0 Å². The predicted molar refractivity (Wildman–Crippen MR) is 128 cm³/mol. The molecular weight excluding hydrogens is 402 g/mol. The van der Waals surface area contributed by atoms with Crippen molar-refractivity contribution in [2.75, 3.05) is 46.4 Å². The van der Waals surface area contributed by atoms with E-state index in [-0.39, 0.29) is 0 Å². The van der Waals surface area contributed by atoms with Crippen molar-refractivity contribution < 1.29 is 9.15 Å². The van der Waals surface area contributed by atoms with E-state index < -0.39 is 0 Å².